The van der Waals surface area contributed by atoms with Gasteiger partial charge in [-0.3, -0.25) is 24.1 Å². The third-order valence-corrected chi connectivity index (χ3v) is 9.41. The fourth-order valence-corrected chi connectivity index (χ4v) is 7.33. The van der Waals surface area contributed by atoms with Crippen molar-refractivity contribution >= 4 is 35.0 Å². The molecule has 1 amide bonds. The normalized spacial score (nSPS) is 23.5. The van der Waals surface area contributed by atoms with E-state index in [0.29, 0.717) is 22.3 Å². The van der Waals surface area contributed by atoms with Crippen LogP contribution in [0.4, 0.5) is 0 Å². The number of ether oxygens (including phenoxy) is 1. The monoisotopic (exact) mass is 657 g/mol. The zero-order valence-electron chi connectivity index (χ0n) is 26.0. The molecule has 0 saturated heterocycles. The van der Waals surface area contributed by atoms with E-state index in [-0.39, 0.29) is 41.7 Å². The lowest BCUT2D eigenvalue weighted by atomic mass is 9.57. The van der Waals surface area contributed by atoms with Crippen molar-refractivity contribution in [3.63, 3.8) is 0 Å². The number of aromatic nitrogens is 1. The summed E-state index contributed by atoms with van der Waals surface area (Å²) in [6.45, 7) is 0. The molecule has 3 aromatic rings. The van der Waals surface area contributed by atoms with Crippen molar-refractivity contribution in [3.8, 4) is 16.9 Å². The molecule has 0 bridgehead atoms. The Morgan fingerprint density at radius 1 is 1.10 bits per heavy atom. The molecule has 14 nitrogen and oxygen atoms in total. The minimum atomic E-state index is -2.77. The van der Waals surface area contributed by atoms with E-state index in [4.69, 9.17) is 15.0 Å². The topological polar surface area (TPSA) is 231 Å². The number of primary amides is 1. The molecular formula is C34H31N3O11. The van der Waals surface area contributed by atoms with Crippen molar-refractivity contribution in [1.82, 2.24) is 10.1 Å². The van der Waals surface area contributed by atoms with Crippen molar-refractivity contribution < 1.29 is 53.7 Å². The summed E-state index contributed by atoms with van der Waals surface area (Å²) < 4.78 is 9.91. The summed E-state index contributed by atoms with van der Waals surface area (Å²) in [7, 11) is 4.24. The maximum absolute atomic E-state index is 14.1. The van der Waals surface area contributed by atoms with Gasteiger partial charge in [0.1, 0.15) is 22.8 Å². The number of likely N-dealkylation sites (N-methyl/N-ethyl adjacent to an activating group) is 1. The van der Waals surface area contributed by atoms with Crippen LogP contribution in [0, 0.1) is 11.8 Å². The minimum Gasteiger partial charge on any atom is -0.508 e. The van der Waals surface area contributed by atoms with E-state index < -0.39 is 75.5 Å². The van der Waals surface area contributed by atoms with Gasteiger partial charge in [0.25, 0.3) is 5.91 Å². The van der Waals surface area contributed by atoms with Gasteiger partial charge in [-0.25, -0.2) is 4.79 Å². The number of phenolic OH excluding ortho intramolecular Hbond substituents is 1. The van der Waals surface area contributed by atoms with Gasteiger partial charge in [-0.05, 0) is 73.3 Å². The fraction of sp³-hybridized carbons (Fsp3) is 0.294. The van der Waals surface area contributed by atoms with Crippen LogP contribution in [0.15, 0.2) is 64.0 Å². The van der Waals surface area contributed by atoms with Crippen LogP contribution in [0.3, 0.4) is 0 Å². The van der Waals surface area contributed by atoms with Gasteiger partial charge in [-0.1, -0.05) is 17.3 Å². The van der Waals surface area contributed by atoms with E-state index in [2.05, 4.69) is 5.16 Å². The lowest BCUT2D eigenvalue weighted by Crippen LogP contribution is -2.65. The number of hydrogen-bond donors (Lipinski definition) is 5. The number of nitrogens with two attached hydrogens (primary N) is 1. The van der Waals surface area contributed by atoms with Gasteiger partial charge in [0, 0.05) is 24.0 Å². The molecule has 6 N–H and O–H groups in total. The van der Waals surface area contributed by atoms with Crippen LogP contribution in [0.5, 0.6) is 5.75 Å². The van der Waals surface area contributed by atoms with Crippen LogP contribution in [-0.2, 0) is 32.0 Å². The number of rotatable bonds is 7. The number of benzene rings is 2. The van der Waals surface area contributed by atoms with Gasteiger partial charge in [-0.2, -0.15) is 0 Å². The molecule has 14 heteroatoms. The smallest absolute Gasteiger partial charge is 0.337 e. The van der Waals surface area contributed by atoms with Gasteiger partial charge in [0.05, 0.1) is 30.5 Å². The Labute approximate surface area is 272 Å². The highest BCUT2D eigenvalue weighted by Crippen LogP contribution is 2.53. The molecule has 248 valence electrons. The van der Waals surface area contributed by atoms with Crippen LogP contribution in [0.2, 0.25) is 0 Å². The lowest BCUT2D eigenvalue weighted by Gasteiger charge is -2.50. The van der Waals surface area contributed by atoms with Crippen molar-refractivity contribution in [1.29, 1.82) is 0 Å². The van der Waals surface area contributed by atoms with E-state index >= 15 is 0 Å². The summed E-state index contributed by atoms with van der Waals surface area (Å²) in [6.07, 6.45) is 1.09. The van der Waals surface area contributed by atoms with Gasteiger partial charge < -0.3 is 35.4 Å². The Morgan fingerprint density at radius 3 is 2.46 bits per heavy atom. The second-order valence-electron chi connectivity index (χ2n) is 12.3. The number of Topliss-reactive ketones (excluding diaryl/α,β-unsaturated/α-hetero) is 3. The molecule has 3 aliphatic carbocycles. The summed E-state index contributed by atoms with van der Waals surface area (Å²) in [5, 5.41) is 49.0. The van der Waals surface area contributed by atoms with Crippen LogP contribution >= 0.6 is 0 Å². The maximum Gasteiger partial charge on any atom is 0.337 e. The Hall–Kier alpha value is -5.60. The average Bonchev–Trinajstić information content (AvgIpc) is 3.57. The Balaban J connectivity index is 1.51. The number of amides is 1. The third-order valence-electron chi connectivity index (χ3n) is 9.41. The Kier molecular flexibility index (Phi) is 7.80. The number of aliphatic hydroxyl groups excluding tert-OH is 2. The number of hydrogen-bond acceptors (Lipinski definition) is 13. The van der Waals surface area contributed by atoms with Crippen LogP contribution < -0.4 is 5.73 Å². The molecule has 0 radical (unpaired) electrons. The Bertz CT molecular complexity index is 1990. The SMILES string of the molecule is COC(=O)c1cc(CC(=O)c2ccno2)cc(-c2ccc(O)c3c2CC2CC4C(N(C)C)C(=O)C(C(N)=O)=C(O)C4(O)C(=O)C2=C3O)c1. The highest BCUT2D eigenvalue weighted by Gasteiger charge is 2.64. The zero-order valence-corrected chi connectivity index (χ0v) is 26.0. The van der Waals surface area contributed by atoms with Crippen molar-refractivity contribution in [3.05, 3.63) is 87.5 Å². The fourth-order valence-electron chi connectivity index (χ4n) is 7.33. The number of phenols is 1. The molecule has 3 aliphatic rings. The van der Waals surface area contributed by atoms with E-state index in [1.165, 1.54) is 56.6 Å². The van der Waals surface area contributed by atoms with Gasteiger partial charge >= 0.3 is 5.97 Å². The van der Waals surface area contributed by atoms with Crippen molar-refractivity contribution in [2.45, 2.75) is 30.9 Å². The lowest BCUT2D eigenvalue weighted by molar-refractivity contribution is -0.153. The highest BCUT2D eigenvalue weighted by molar-refractivity contribution is 6.24. The number of carbonyl (C=O) groups excluding carboxylic acids is 5. The minimum absolute atomic E-state index is 0.0209. The molecular weight excluding hydrogens is 626 g/mol. The summed E-state index contributed by atoms with van der Waals surface area (Å²) >= 11 is 0. The molecule has 48 heavy (non-hydrogen) atoms. The molecule has 1 saturated carbocycles. The standard InChI is InChI=1S/C34H31N3O11/c1-37(2)27-20-13-16-12-19-18(15-8-14(9-17(11-15)33(45)47-3)10-22(39)23-6-7-36-48-23)4-5-21(38)25(19)28(40)24(16)30(42)34(20,46)31(43)26(29(27)41)32(35)44/h4-9,11,16,20,27,38,40,43,46H,10,12-13H2,1-3H3,(H2,35,44). The predicted molar refractivity (Wildman–Crippen MR) is 166 cm³/mol. The maximum atomic E-state index is 14.1. The van der Waals surface area contributed by atoms with Crippen molar-refractivity contribution in [2.75, 3.05) is 21.2 Å². The zero-order chi connectivity index (χ0) is 34.8. The summed E-state index contributed by atoms with van der Waals surface area (Å²) in [5.74, 6) is -8.66. The van der Waals surface area contributed by atoms with E-state index in [1.807, 2.05) is 0 Å². The number of methoxy groups -OCH3 is 1. The van der Waals surface area contributed by atoms with E-state index in [0.717, 1.165) is 0 Å². The van der Waals surface area contributed by atoms with Gasteiger partial charge in [-0.15, -0.1) is 0 Å². The average molecular weight is 658 g/mol. The Morgan fingerprint density at radius 2 is 1.83 bits per heavy atom. The second kappa shape index (κ2) is 11.6. The summed E-state index contributed by atoms with van der Waals surface area (Å²) in [4.78, 5) is 66.7. The third kappa shape index (κ3) is 4.79. The predicted octanol–water partition coefficient (Wildman–Crippen LogP) is 1.83. The van der Waals surface area contributed by atoms with Crippen LogP contribution in [0.1, 0.15) is 44.0 Å². The number of fused-ring (bicyclic) bond motifs is 3. The highest BCUT2D eigenvalue weighted by atomic mass is 16.5. The molecule has 2 aromatic carbocycles. The first-order valence-corrected chi connectivity index (χ1v) is 14.9. The molecule has 6 rings (SSSR count). The van der Waals surface area contributed by atoms with Crippen molar-refractivity contribution in [2.24, 2.45) is 17.6 Å². The molecule has 0 aliphatic heterocycles. The quantitative estimate of drug-likeness (QED) is 0.139. The number of carbonyl (C=O) groups is 5. The molecule has 1 fully saturated rings. The second-order valence-corrected chi connectivity index (χ2v) is 12.3. The number of aliphatic hydroxyl groups is 3. The van der Waals surface area contributed by atoms with E-state index in [1.54, 1.807) is 12.1 Å². The first kappa shape index (κ1) is 32.3. The van der Waals surface area contributed by atoms with Crippen LogP contribution in [0.25, 0.3) is 16.9 Å². The van der Waals surface area contributed by atoms with Gasteiger partial charge in [0.15, 0.2) is 11.4 Å². The van der Waals surface area contributed by atoms with E-state index in [9.17, 15) is 44.4 Å². The number of aromatic hydroxyl groups is 1. The molecule has 4 unspecified atom stereocenters. The largest absolute Gasteiger partial charge is 0.508 e. The van der Waals surface area contributed by atoms with Gasteiger partial charge in [0.2, 0.25) is 17.3 Å². The number of nitrogens with zero attached hydrogens (tertiary/aromatic N) is 2. The summed E-state index contributed by atoms with van der Waals surface area (Å²) in [6, 6.07) is 7.70. The number of ketones is 3. The van der Waals surface area contributed by atoms with Crippen LogP contribution in [-0.4, -0.2) is 92.6 Å². The molecule has 4 atom stereocenters. The first-order chi connectivity index (χ1) is 22.7. The summed E-state index contributed by atoms with van der Waals surface area (Å²) in [5.41, 5.74) is 3.10. The molecule has 1 heterocycles. The first-order valence-electron chi connectivity index (χ1n) is 14.9. The number of esters is 1. The molecule has 0 spiro atoms. The molecule has 1 aromatic heterocycles.